The van der Waals surface area contributed by atoms with E-state index >= 15 is 0 Å². The van der Waals surface area contributed by atoms with Gasteiger partial charge in [0.15, 0.2) is 0 Å². The first-order valence-corrected chi connectivity index (χ1v) is 7.60. The van der Waals surface area contributed by atoms with Gasteiger partial charge in [-0.25, -0.2) is 4.79 Å². The first kappa shape index (κ1) is 18.8. The molecule has 0 bridgehead atoms. The molecule has 23 heavy (non-hydrogen) atoms. The van der Waals surface area contributed by atoms with E-state index in [0.717, 1.165) is 12.0 Å². The number of hydrogen-bond donors (Lipinski definition) is 2. The quantitative estimate of drug-likeness (QED) is 0.745. The third-order valence-corrected chi connectivity index (χ3v) is 3.04. The van der Waals surface area contributed by atoms with E-state index in [1.807, 2.05) is 12.1 Å². The minimum atomic E-state index is -0.799. The number of benzene rings is 1. The number of carbonyl (C=O) groups is 2. The Morgan fingerprint density at radius 1 is 1.22 bits per heavy atom. The number of amides is 1. The molecular formula is C17H25NO5. The Morgan fingerprint density at radius 2 is 1.91 bits per heavy atom. The van der Waals surface area contributed by atoms with Crippen LogP contribution in [-0.2, 0) is 16.0 Å². The summed E-state index contributed by atoms with van der Waals surface area (Å²) < 4.78 is 10.4. The van der Waals surface area contributed by atoms with Crippen molar-refractivity contribution < 1.29 is 24.2 Å². The predicted molar refractivity (Wildman–Crippen MR) is 88.0 cm³/mol. The van der Waals surface area contributed by atoms with Crippen molar-refractivity contribution in [3.8, 4) is 5.75 Å². The van der Waals surface area contributed by atoms with E-state index in [9.17, 15) is 9.59 Å². The monoisotopic (exact) mass is 323 g/mol. The Morgan fingerprint density at radius 3 is 2.48 bits per heavy atom. The molecule has 1 aromatic carbocycles. The van der Waals surface area contributed by atoms with Crippen molar-refractivity contribution in [2.24, 2.45) is 0 Å². The zero-order valence-corrected chi connectivity index (χ0v) is 14.1. The summed E-state index contributed by atoms with van der Waals surface area (Å²) in [6.45, 7) is 5.39. The molecule has 0 fully saturated rings. The van der Waals surface area contributed by atoms with E-state index in [-0.39, 0.29) is 6.42 Å². The van der Waals surface area contributed by atoms with Gasteiger partial charge in [0.25, 0.3) is 0 Å². The lowest BCUT2D eigenvalue weighted by Gasteiger charge is -2.20. The van der Waals surface area contributed by atoms with Gasteiger partial charge in [-0.15, -0.1) is 0 Å². The summed E-state index contributed by atoms with van der Waals surface area (Å²) in [7, 11) is 1.55. The van der Waals surface area contributed by atoms with Crippen LogP contribution < -0.4 is 10.1 Å². The Hall–Kier alpha value is -2.24. The smallest absolute Gasteiger partial charge is 0.412 e. The molecule has 6 heteroatoms. The van der Waals surface area contributed by atoms with Crippen LogP contribution in [0.5, 0.6) is 5.75 Å². The highest BCUT2D eigenvalue weighted by atomic mass is 16.6. The molecule has 0 saturated heterocycles. The summed E-state index contributed by atoms with van der Waals surface area (Å²) in [5.41, 5.74) is 0.959. The van der Waals surface area contributed by atoms with Crippen LogP contribution in [0.3, 0.4) is 0 Å². The molecule has 0 heterocycles. The fourth-order valence-corrected chi connectivity index (χ4v) is 2.02. The fraction of sp³-hybridized carbons (Fsp3) is 0.529. The van der Waals surface area contributed by atoms with Crippen molar-refractivity contribution in [1.29, 1.82) is 0 Å². The van der Waals surface area contributed by atoms with E-state index in [0.29, 0.717) is 24.3 Å². The summed E-state index contributed by atoms with van der Waals surface area (Å²) in [5.74, 6) is -0.169. The molecule has 0 unspecified atom stereocenters. The van der Waals surface area contributed by atoms with Crippen molar-refractivity contribution in [2.45, 2.75) is 52.1 Å². The van der Waals surface area contributed by atoms with Crippen LogP contribution >= 0.6 is 0 Å². The largest absolute Gasteiger partial charge is 0.497 e. The average Bonchev–Trinajstić information content (AvgIpc) is 2.42. The van der Waals surface area contributed by atoms with E-state index in [4.69, 9.17) is 14.6 Å². The van der Waals surface area contributed by atoms with Gasteiger partial charge < -0.3 is 14.6 Å². The maximum Gasteiger partial charge on any atom is 0.412 e. The Balaban J connectivity index is 2.77. The Labute approximate surface area is 136 Å². The maximum absolute atomic E-state index is 11.9. The molecule has 0 aliphatic carbocycles. The number of carboxylic acid groups (broad SMARTS) is 1. The second kappa shape index (κ2) is 8.41. The number of carbonyl (C=O) groups excluding carboxylic acids is 1. The lowest BCUT2D eigenvalue weighted by Crippen LogP contribution is -2.27. The molecule has 0 atom stereocenters. The van der Waals surface area contributed by atoms with Gasteiger partial charge in [0.2, 0.25) is 0 Å². The SMILES string of the molecule is COc1ccc(CCCCC(=O)O)c(NC(=O)OC(C)(C)C)c1. The summed E-state index contributed by atoms with van der Waals surface area (Å²) in [4.78, 5) is 22.5. The molecule has 1 amide bonds. The topological polar surface area (TPSA) is 84.9 Å². The van der Waals surface area contributed by atoms with Gasteiger partial charge in [-0.1, -0.05) is 6.07 Å². The van der Waals surface area contributed by atoms with Crippen molar-refractivity contribution in [3.05, 3.63) is 23.8 Å². The van der Waals surface area contributed by atoms with Crippen molar-refractivity contribution in [1.82, 2.24) is 0 Å². The van der Waals surface area contributed by atoms with E-state index < -0.39 is 17.7 Å². The Bertz CT molecular complexity index is 548. The molecule has 1 rings (SSSR count). The standard InChI is InChI=1S/C17H25NO5/c1-17(2,3)23-16(21)18-14-11-13(22-4)10-9-12(14)7-5-6-8-15(19)20/h9-11H,5-8H2,1-4H3,(H,18,21)(H,19,20). The van der Waals surface area contributed by atoms with Crippen LogP contribution in [0.15, 0.2) is 18.2 Å². The van der Waals surface area contributed by atoms with Crippen LogP contribution in [0.2, 0.25) is 0 Å². The average molecular weight is 323 g/mol. The van der Waals surface area contributed by atoms with Gasteiger partial charge in [0.05, 0.1) is 12.8 Å². The van der Waals surface area contributed by atoms with E-state index in [2.05, 4.69) is 5.32 Å². The molecule has 1 aromatic rings. The first-order valence-electron chi connectivity index (χ1n) is 7.60. The zero-order valence-electron chi connectivity index (χ0n) is 14.1. The molecule has 0 aliphatic heterocycles. The lowest BCUT2D eigenvalue weighted by molar-refractivity contribution is -0.137. The fourth-order valence-electron chi connectivity index (χ4n) is 2.02. The number of nitrogens with one attached hydrogen (secondary N) is 1. The molecule has 0 spiro atoms. The highest BCUT2D eigenvalue weighted by Gasteiger charge is 2.17. The summed E-state index contributed by atoms with van der Waals surface area (Å²) in [5, 5.41) is 11.4. The van der Waals surface area contributed by atoms with Gasteiger partial charge in [-0.2, -0.15) is 0 Å². The van der Waals surface area contributed by atoms with Crippen LogP contribution in [0.4, 0.5) is 10.5 Å². The minimum Gasteiger partial charge on any atom is -0.497 e. The minimum absolute atomic E-state index is 0.144. The number of hydrogen-bond acceptors (Lipinski definition) is 4. The molecular weight excluding hydrogens is 298 g/mol. The second-order valence-corrected chi connectivity index (χ2v) is 6.25. The molecule has 6 nitrogen and oxygen atoms in total. The summed E-state index contributed by atoms with van der Waals surface area (Å²) >= 11 is 0. The number of methoxy groups -OCH3 is 1. The number of aliphatic carboxylic acids is 1. The number of ether oxygens (including phenoxy) is 2. The second-order valence-electron chi connectivity index (χ2n) is 6.25. The molecule has 2 N–H and O–H groups in total. The van der Waals surface area contributed by atoms with Crippen molar-refractivity contribution in [2.75, 3.05) is 12.4 Å². The van der Waals surface area contributed by atoms with Crippen molar-refractivity contribution >= 4 is 17.7 Å². The number of rotatable bonds is 7. The molecule has 0 radical (unpaired) electrons. The number of carboxylic acids is 1. The Kier molecular flexibility index (Phi) is 6.88. The molecule has 128 valence electrons. The van der Waals surface area contributed by atoms with Crippen LogP contribution in [0, 0.1) is 0 Å². The van der Waals surface area contributed by atoms with Crippen molar-refractivity contribution in [3.63, 3.8) is 0 Å². The predicted octanol–water partition coefficient (Wildman–Crippen LogP) is 3.84. The number of aryl methyl sites for hydroxylation is 1. The molecule has 0 aliphatic rings. The normalized spacial score (nSPS) is 11.0. The van der Waals surface area contributed by atoms with Crippen LogP contribution in [-0.4, -0.2) is 29.9 Å². The zero-order chi connectivity index (χ0) is 17.5. The summed E-state index contributed by atoms with van der Waals surface area (Å²) in [6, 6.07) is 5.41. The van der Waals surface area contributed by atoms with Crippen LogP contribution in [0.25, 0.3) is 0 Å². The van der Waals surface area contributed by atoms with Crippen LogP contribution in [0.1, 0.15) is 45.6 Å². The lowest BCUT2D eigenvalue weighted by atomic mass is 10.0. The van der Waals surface area contributed by atoms with Gasteiger partial charge >= 0.3 is 12.1 Å². The van der Waals surface area contributed by atoms with E-state index in [1.165, 1.54) is 0 Å². The highest BCUT2D eigenvalue weighted by molar-refractivity contribution is 5.86. The summed E-state index contributed by atoms with van der Waals surface area (Å²) in [6.07, 6.45) is 1.60. The third-order valence-electron chi connectivity index (χ3n) is 3.04. The maximum atomic E-state index is 11.9. The van der Waals surface area contributed by atoms with Gasteiger partial charge in [-0.05, 0) is 51.7 Å². The molecule has 0 aromatic heterocycles. The van der Waals surface area contributed by atoms with Gasteiger partial charge in [0, 0.05) is 12.5 Å². The van der Waals surface area contributed by atoms with E-state index in [1.54, 1.807) is 33.9 Å². The number of anilines is 1. The third kappa shape index (κ3) is 7.54. The number of unbranched alkanes of at least 4 members (excludes halogenated alkanes) is 1. The van der Waals surface area contributed by atoms with Gasteiger partial charge in [0.1, 0.15) is 11.4 Å². The first-order chi connectivity index (χ1) is 10.7. The highest BCUT2D eigenvalue weighted by Crippen LogP contribution is 2.25. The van der Waals surface area contributed by atoms with Gasteiger partial charge in [-0.3, -0.25) is 10.1 Å². The molecule has 0 saturated carbocycles.